The molecule has 0 unspecified atom stereocenters. The highest BCUT2D eigenvalue weighted by Gasteiger charge is 2.38. The maximum atomic E-state index is 12.7. The molecule has 1 aliphatic rings. The van der Waals surface area contributed by atoms with E-state index in [4.69, 9.17) is 21.5 Å². The molecule has 2 aromatic carbocycles. The minimum atomic E-state index is -5.08. The summed E-state index contributed by atoms with van der Waals surface area (Å²) in [6.07, 6.45) is -3.33. The van der Waals surface area contributed by atoms with E-state index in [1.54, 1.807) is 12.3 Å². The van der Waals surface area contributed by atoms with Gasteiger partial charge in [0.05, 0.1) is 16.1 Å². The second kappa shape index (κ2) is 12.2. The molecule has 3 N–H and O–H groups in total. The van der Waals surface area contributed by atoms with Crippen molar-refractivity contribution in [2.45, 2.75) is 11.1 Å². The number of aromatic carboxylic acids is 1. The maximum Gasteiger partial charge on any atom is 0.490 e. The van der Waals surface area contributed by atoms with Crippen LogP contribution >= 0.6 is 11.6 Å². The Morgan fingerprint density at radius 3 is 2.03 bits per heavy atom. The summed E-state index contributed by atoms with van der Waals surface area (Å²) in [6, 6.07) is 16.1. The van der Waals surface area contributed by atoms with Crippen LogP contribution in [-0.4, -0.2) is 67.9 Å². The first-order chi connectivity index (χ1) is 18.3. The normalized spacial score (nSPS) is 13.7. The third-order valence-electron chi connectivity index (χ3n) is 5.46. The zero-order chi connectivity index (χ0) is 28.8. The summed E-state index contributed by atoms with van der Waals surface area (Å²) in [4.78, 5) is 29.4. The molecule has 3 aromatic rings. The first-order valence-electron chi connectivity index (χ1n) is 11.1. The monoisotopic (exact) mass is 586 g/mol. The molecule has 39 heavy (non-hydrogen) atoms. The number of carboxylic acid groups (broad SMARTS) is 2. The van der Waals surface area contributed by atoms with E-state index in [1.165, 1.54) is 36.4 Å². The van der Waals surface area contributed by atoms with Crippen molar-refractivity contribution in [2.75, 3.05) is 40.7 Å². The number of aliphatic carboxylic acids is 1. The van der Waals surface area contributed by atoms with Crippen molar-refractivity contribution >= 4 is 50.8 Å². The highest BCUT2D eigenvalue weighted by molar-refractivity contribution is 7.92. The van der Waals surface area contributed by atoms with Crippen LogP contribution < -0.4 is 14.5 Å². The van der Waals surface area contributed by atoms with Crippen molar-refractivity contribution in [3.05, 3.63) is 77.4 Å². The van der Waals surface area contributed by atoms with Crippen LogP contribution in [-0.2, 0) is 14.8 Å². The van der Waals surface area contributed by atoms with Gasteiger partial charge in [0, 0.05) is 43.1 Å². The zero-order valence-electron chi connectivity index (χ0n) is 20.0. The predicted molar refractivity (Wildman–Crippen MR) is 138 cm³/mol. The number of alkyl halides is 3. The van der Waals surface area contributed by atoms with Crippen molar-refractivity contribution in [1.29, 1.82) is 0 Å². The van der Waals surface area contributed by atoms with E-state index in [-0.39, 0.29) is 16.1 Å². The average Bonchev–Trinajstić information content (AvgIpc) is 2.89. The first-order valence-corrected chi connectivity index (χ1v) is 13.0. The number of benzene rings is 2. The summed E-state index contributed by atoms with van der Waals surface area (Å²) >= 11 is 5.82. The summed E-state index contributed by atoms with van der Waals surface area (Å²) < 4.78 is 59.5. The second-order valence-corrected chi connectivity index (χ2v) is 10.2. The van der Waals surface area contributed by atoms with Gasteiger partial charge in [-0.1, -0.05) is 17.7 Å². The van der Waals surface area contributed by atoms with Gasteiger partial charge in [0.15, 0.2) is 0 Å². The van der Waals surface area contributed by atoms with Gasteiger partial charge >= 0.3 is 18.1 Å². The molecule has 0 bridgehead atoms. The molecule has 1 saturated heterocycles. The number of carboxylic acids is 2. The van der Waals surface area contributed by atoms with Crippen molar-refractivity contribution in [3.63, 3.8) is 0 Å². The Morgan fingerprint density at radius 2 is 1.51 bits per heavy atom. The number of anilines is 3. The Bertz CT molecular complexity index is 1420. The molecule has 0 saturated carbocycles. The van der Waals surface area contributed by atoms with E-state index in [1.807, 2.05) is 18.2 Å². The maximum absolute atomic E-state index is 12.7. The minimum Gasteiger partial charge on any atom is -0.478 e. The van der Waals surface area contributed by atoms with Crippen LogP contribution in [0.3, 0.4) is 0 Å². The second-order valence-electron chi connectivity index (χ2n) is 8.06. The number of hydrogen-bond acceptors (Lipinski definition) is 7. The first kappa shape index (κ1) is 29.5. The number of halogens is 4. The molecule has 0 amide bonds. The van der Waals surface area contributed by atoms with Crippen molar-refractivity contribution in [1.82, 2.24) is 4.98 Å². The zero-order valence-corrected chi connectivity index (χ0v) is 21.5. The lowest BCUT2D eigenvalue weighted by Gasteiger charge is -2.36. The summed E-state index contributed by atoms with van der Waals surface area (Å²) in [6.45, 7) is 2.85. The van der Waals surface area contributed by atoms with Gasteiger partial charge in [-0.25, -0.2) is 23.0 Å². The summed E-state index contributed by atoms with van der Waals surface area (Å²) in [7, 11) is -3.96. The number of rotatable bonds is 6. The number of pyridine rings is 1. The number of nitrogens with zero attached hydrogens (tertiary/aromatic N) is 3. The van der Waals surface area contributed by atoms with Gasteiger partial charge in [-0.3, -0.25) is 4.72 Å². The van der Waals surface area contributed by atoms with Crippen LogP contribution in [0.5, 0.6) is 0 Å². The van der Waals surface area contributed by atoms with Gasteiger partial charge in [-0.2, -0.15) is 13.2 Å². The molecule has 4 rings (SSSR count). The van der Waals surface area contributed by atoms with Gasteiger partial charge in [0.1, 0.15) is 5.82 Å². The van der Waals surface area contributed by atoms with Gasteiger partial charge in [-0.05, 0) is 54.6 Å². The summed E-state index contributed by atoms with van der Waals surface area (Å²) in [5, 5.41) is 17.2. The topological polar surface area (TPSA) is 140 Å². The lowest BCUT2D eigenvalue weighted by molar-refractivity contribution is -0.192. The van der Waals surface area contributed by atoms with Gasteiger partial charge < -0.3 is 20.0 Å². The van der Waals surface area contributed by atoms with Crippen molar-refractivity contribution in [2.24, 2.45) is 0 Å². The Hall–Kier alpha value is -4.04. The number of nitrogens with one attached hydrogen (secondary N) is 1. The Labute approximate surface area is 226 Å². The van der Waals surface area contributed by atoms with Crippen LogP contribution in [0.2, 0.25) is 5.02 Å². The fraction of sp³-hybridized carbons (Fsp3) is 0.208. The lowest BCUT2D eigenvalue weighted by atomic mass is 10.1. The number of piperazine rings is 1. The van der Waals surface area contributed by atoms with Crippen LogP contribution in [0.25, 0.3) is 0 Å². The van der Waals surface area contributed by atoms with Crippen LogP contribution in [0.15, 0.2) is 71.8 Å². The molecule has 10 nitrogen and oxygen atoms in total. The third kappa shape index (κ3) is 7.97. The molecule has 0 spiro atoms. The molecule has 0 aliphatic carbocycles. The highest BCUT2D eigenvalue weighted by atomic mass is 35.5. The van der Waals surface area contributed by atoms with E-state index in [2.05, 4.69) is 19.5 Å². The molecule has 0 atom stereocenters. The van der Waals surface area contributed by atoms with E-state index in [0.29, 0.717) is 18.1 Å². The minimum absolute atomic E-state index is 0.00308. The van der Waals surface area contributed by atoms with Gasteiger partial charge in [-0.15, -0.1) is 0 Å². The fourth-order valence-corrected chi connectivity index (χ4v) is 4.75. The Kier molecular flexibility index (Phi) is 9.24. The van der Waals surface area contributed by atoms with Crippen LogP contribution in [0.1, 0.15) is 10.4 Å². The molecule has 1 aromatic heterocycles. The standard InChI is InChI=1S/C22H21ClN4O4S.C2HF3O2/c23-16-4-7-18(8-5-16)32(30,31)25-20-9-6-17(15-19(20)22(28)29)26-11-13-27(14-12-26)21-3-1-2-10-24-21;3-2(4,5)1(6)7/h1-10,15,25H,11-14H2,(H,28,29);(H,6,7). The summed E-state index contributed by atoms with van der Waals surface area (Å²) in [5.74, 6) is -3.06. The molecule has 2 heterocycles. The van der Waals surface area contributed by atoms with E-state index < -0.39 is 28.1 Å². The van der Waals surface area contributed by atoms with Gasteiger partial charge in [0.25, 0.3) is 10.0 Å². The van der Waals surface area contributed by atoms with Crippen molar-refractivity contribution < 1.29 is 41.4 Å². The third-order valence-corrected chi connectivity index (χ3v) is 7.10. The number of sulfonamides is 1. The molecule has 208 valence electrons. The predicted octanol–water partition coefficient (Wildman–Crippen LogP) is 4.19. The fourth-order valence-electron chi connectivity index (χ4n) is 3.55. The largest absolute Gasteiger partial charge is 0.490 e. The molecule has 15 heteroatoms. The highest BCUT2D eigenvalue weighted by Crippen LogP contribution is 2.27. The van der Waals surface area contributed by atoms with E-state index in [0.717, 1.165) is 24.6 Å². The van der Waals surface area contributed by atoms with Crippen LogP contribution in [0, 0.1) is 0 Å². The quantitative estimate of drug-likeness (QED) is 0.388. The molecule has 1 fully saturated rings. The number of hydrogen-bond donors (Lipinski definition) is 3. The SMILES string of the molecule is O=C(O)C(F)(F)F.O=C(O)c1cc(N2CCN(c3ccccn3)CC2)ccc1NS(=O)(=O)c1ccc(Cl)cc1. The molecular formula is C24H22ClF3N4O6S. The number of aromatic nitrogens is 1. The molecular weight excluding hydrogens is 565 g/mol. The lowest BCUT2D eigenvalue weighted by Crippen LogP contribution is -2.46. The van der Waals surface area contributed by atoms with Gasteiger partial charge in [0.2, 0.25) is 0 Å². The smallest absolute Gasteiger partial charge is 0.478 e. The summed E-state index contributed by atoms with van der Waals surface area (Å²) in [5.41, 5.74) is 0.605. The van der Waals surface area contributed by atoms with E-state index in [9.17, 15) is 31.5 Å². The number of carbonyl (C=O) groups is 2. The molecule has 1 aliphatic heterocycles. The average molecular weight is 587 g/mol. The Balaban J connectivity index is 0.000000532. The Morgan fingerprint density at radius 1 is 0.923 bits per heavy atom. The van der Waals surface area contributed by atoms with E-state index >= 15 is 0 Å². The van der Waals surface area contributed by atoms with Crippen LogP contribution in [0.4, 0.5) is 30.4 Å². The molecule has 0 radical (unpaired) electrons. The van der Waals surface area contributed by atoms with Crippen molar-refractivity contribution in [3.8, 4) is 0 Å².